The topological polar surface area (TPSA) is 66.9 Å². The average molecular weight is 270 g/mol. The van der Waals surface area contributed by atoms with Crippen molar-refractivity contribution in [1.82, 2.24) is 20.6 Å². The van der Waals surface area contributed by atoms with Crippen molar-refractivity contribution in [2.45, 2.75) is 31.8 Å². The van der Waals surface area contributed by atoms with Crippen molar-refractivity contribution in [3.05, 3.63) is 36.2 Å². The maximum absolute atomic E-state index is 12.3. The minimum absolute atomic E-state index is 0.149. The van der Waals surface area contributed by atoms with Gasteiger partial charge in [-0.05, 0) is 38.4 Å². The highest BCUT2D eigenvalue weighted by molar-refractivity contribution is 5.93. The minimum Gasteiger partial charge on any atom is -0.346 e. The first-order valence-electron chi connectivity index (χ1n) is 7.00. The molecule has 5 heteroatoms. The van der Waals surface area contributed by atoms with Crippen LogP contribution in [0.5, 0.6) is 0 Å². The van der Waals surface area contributed by atoms with Gasteiger partial charge in [0.2, 0.25) is 0 Å². The largest absolute Gasteiger partial charge is 0.346 e. The summed E-state index contributed by atoms with van der Waals surface area (Å²) < 4.78 is 0. The molecule has 1 saturated heterocycles. The predicted molar refractivity (Wildman–Crippen MR) is 77.5 cm³/mol. The van der Waals surface area contributed by atoms with Gasteiger partial charge in [0.1, 0.15) is 5.69 Å². The third kappa shape index (κ3) is 2.63. The molecule has 0 spiro atoms. The van der Waals surface area contributed by atoms with Gasteiger partial charge in [-0.15, -0.1) is 0 Å². The Kier molecular flexibility index (Phi) is 3.60. The Morgan fingerprint density at radius 3 is 2.95 bits per heavy atom. The maximum Gasteiger partial charge on any atom is 0.271 e. The molecule has 20 heavy (non-hydrogen) atoms. The Morgan fingerprint density at radius 2 is 2.15 bits per heavy atom. The minimum atomic E-state index is -0.149. The first-order valence-corrected chi connectivity index (χ1v) is 7.00. The van der Waals surface area contributed by atoms with Crippen LogP contribution in [0.15, 0.2) is 30.5 Å². The first kappa shape index (κ1) is 13.0. The molecule has 5 nitrogen and oxygen atoms in total. The van der Waals surface area contributed by atoms with Gasteiger partial charge in [0.15, 0.2) is 0 Å². The van der Waals surface area contributed by atoms with E-state index >= 15 is 0 Å². The number of nitrogens with zero attached hydrogens (tertiary/aromatic N) is 2. The molecule has 1 aromatic heterocycles. The highest BCUT2D eigenvalue weighted by Crippen LogP contribution is 2.11. The zero-order chi connectivity index (χ0) is 13.9. The number of carbonyl (C=O) groups excluding carboxylic acids is 1. The lowest BCUT2D eigenvalue weighted by atomic mass is 10.00. The number of hydrogen-bond acceptors (Lipinski definition) is 4. The van der Waals surface area contributed by atoms with Crippen LogP contribution in [0.1, 0.15) is 30.3 Å². The second-order valence-corrected chi connectivity index (χ2v) is 5.21. The molecule has 0 aliphatic carbocycles. The summed E-state index contributed by atoms with van der Waals surface area (Å²) in [6, 6.07) is 8.00. The number of benzene rings is 1. The van der Waals surface area contributed by atoms with Gasteiger partial charge in [-0.3, -0.25) is 9.78 Å². The quantitative estimate of drug-likeness (QED) is 0.868. The van der Waals surface area contributed by atoms with Crippen LogP contribution in [0.4, 0.5) is 0 Å². The average Bonchev–Trinajstić information content (AvgIpc) is 2.49. The normalized spacial score (nSPS) is 22.6. The lowest BCUT2D eigenvalue weighted by Crippen LogP contribution is -2.52. The summed E-state index contributed by atoms with van der Waals surface area (Å²) >= 11 is 0. The number of fused-ring (bicyclic) bond motifs is 1. The Labute approximate surface area is 117 Å². The molecule has 0 saturated carbocycles. The number of hydrogen-bond donors (Lipinski definition) is 2. The maximum atomic E-state index is 12.3. The van der Waals surface area contributed by atoms with Crippen LogP contribution < -0.4 is 10.6 Å². The molecule has 2 atom stereocenters. The van der Waals surface area contributed by atoms with E-state index in [-0.39, 0.29) is 11.9 Å². The fourth-order valence-electron chi connectivity index (χ4n) is 2.55. The summed E-state index contributed by atoms with van der Waals surface area (Å²) in [6.07, 6.45) is 3.62. The number of carbonyl (C=O) groups is 1. The SMILES string of the molecule is CC1NCCCC1NC(=O)c1cnc2ccccc2n1. The van der Waals surface area contributed by atoms with Gasteiger partial charge in [-0.1, -0.05) is 12.1 Å². The van der Waals surface area contributed by atoms with Gasteiger partial charge in [-0.2, -0.15) is 0 Å². The number of para-hydroxylation sites is 2. The van der Waals surface area contributed by atoms with Gasteiger partial charge >= 0.3 is 0 Å². The fourth-order valence-corrected chi connectivity index (χ4v) is 2.55. The van der Waals surface area contributed by atoms with Gasteiger partial charge < -0.3 is 10.6 Å². The van der Waals surface area contributed by atoms with Crippen molar-refractivity contribution in [3.8, 4) is 0 Å². The molecule has 104 valence electrons. The Bertz CT molecular complexity index is 628. The molecule has 2 N–H and O–H groups in total. The van der Waals surface area contributed by atoms with Crippen molar-refractivity contribution in [2.24, 2.45) is 0 Å². The van der Waals surface area contributed by atoms with Gasteiger partial charge in [0, 0.05) is 12.1 Å². The van der Waals surface area contributed by atoms with Crippen LogP contribution >= 0.6 is 0 Å². The van der Waals surface area contributed by atoms with E-state index in [0.717, 1.165) is 30.4 Å². The van der Waals surface area contributed by atoms with Gasteiger partial charge in [-0.25, -0.2) is 4.98 Å². The molecule has 2 aromatic rings. The van der Waals surface area contributed by atoms with Crippen LogP contribution in [-0.2, 0) is 0 Å². The van der Waals surface area contributed by atoms with Crippen LogP contribution in [0, 0.1) is 0 Å². The summed E-state index contributed by atoms with van der Waals surface area (Å²) in [6.45, 7) is 3.11. The molecule has 1 aliphatic heterocycles. The number of rotatable bonds is 2. The molecular formula is C15H18N4O. The Balaban J connectivity index is 1.78. The third-order valence-corrected chi connectivity index (χ3v) is 3.76. The third-order valence-electron chi connectivity index (χ3n) is 3.76. The highest BCUT2D eigenvalue weighted by Gasteiger charge is 2.23. The molecule has 0 radical (unpaired) electrons. The molecule has 3 rings (SSSR count). The summed E-state index contributed by atoms with van der Waals surface area (Å²) in [7, 11) is 0. The Morgan fingerprint density at radius 1 is 1.35 bits per heavy atom. The van der Waals surface area contributed by atoms with Crippen molar-refractivity contribution in [3.63, 3.8) is 0 Å². The van der Waals surface area contributed by atoms with E-state index in [2.05, 4.69) is 27.5 Å². The first-order chi connectivity index (χ1) is 9.74. The molecular weight excluding hydrogens is 252 g/mol. The molecule has 0 bridgehead atoms. The van der Waals surface area contributed by atoms with Crippen molar-refractivity contribution in [2.75, 3.05) is 6.54 Å². The molecule has 2 unspecified atom stereocenters. The van der Waals surface area contributed by atoms with E-state index in [1.165, 1.54) is 0 Å². The monoisotopic (exact) mass is 270 g/mol. The lowest BCUT2D eigenvalue weighted by Gasteiger charge is -2.30. The van der Waals surface area contributed by atoms with Crippen LogP contribution in [0.25, 0.3) is 11.0 Å². The predicted octanol–water partition coefficient (Wildman–Crippen LogP) is 1.50. The van der Waals surface area contributed by atoms with E-state index < -0.39 is 0 Å². The zero-order valence-electron chi connectivity index (χ0n) is 11.5. The summed E-state index contributed by atoms with van der Waals surface area (Å²) in [5, 5.41) is 6.41. The zero-order valence-corrected chi connectivity index (χ0v) is 11.5. The molecule has 2 heterocycles. The van der Waals surface area contributed by atoms with Crippen LogP contribution in [0.3, 0.4) is 0 Å². The van der Waals surface area contributed by atoms with Gasteiger partial charge in [0.05, 0.1) is 17.2 Å². The Hall–Kier alpha value is -2.01. The van der Waals surface area contributed by atoms with Crippen molar-refractivity contribution < 1.29 is 4.79 Å². The van der Waals surface area contributed by atoms with Crippen molar-refractivity contribution >= 4 is 16.9 Å². The van der Waals surface area contributed by atoms with E-state index in [1.807, 2.05) is 24.3 Å². The van der Waals surface area contributed by atoms with E-state index in [0.29, 0.717) is 11.7 Å². The summed E-state index contributed by atoms with van der Waals surface area (Å²) in [5.74, 6) is -0.149. The smallest absolute Gasteiger partial charge is 0.271 e. The molecule has 1 aliphatic rings. The van der Waals surface area contributed by atoms with Crippen LogP contribution in [0.2, 0.25) is 0 Å². The molecule has 1 fully saturated rings. The van der Waals surface area contributed by atoms with Gasteiger partial charge in [0.25, 0.3) is 5.91 Å². The second-order valence-electron chi connectivity index (χ2n) is 5.21. The fraction of sp³-hybridized carbons (Fsp3) is 0.400. The summed E-state index contributed by atoms with van der Waals surface area (Å²) in [4.78, 5) is 20.9. The molecule has 1 aromatic carbocycles. The van der Waals surface area contributed by atoms with E-state index in [9.17, 15) is 4.79 Å². The van der Waals surface area contributed by atoms with Crippen molar-refractivity contribution in [1.29, 1.82) is 0 Å². The number of piperidine rings is 1. The summed E-state index contributed by atoms with van der Waals surface area (Å²) in [5.41, 5.74) is 1.92. The highest BCUT2D eigenvalue weighted by atomic mass is 16.2. The second kappa shape index (κ2) is 5.54. The van der Waals surface area contributed by atoms with E-state index in [1.54, 1.807) is 6.20 Å². The molecule has 1 amide bonds. The number of amides is 1. The number of aromatic nitrogens is 2. The number of nitrogens with one attached hydrogen (secondary N) is 2. The standard InChI is InChI=1S/C15H18N4O/c1-10-11(7-4-8-16-10)19-15(20)14-9-17-12-5-2-3-6-13(12)18-14/h2-3,5-6,9-11,16H,4,7-8H2,1H3,(H,19,20). The van der Waals surface area contributed by atoms with Crippen LogP contribution in [-0.4, -0.2) is 34.5 Å². The van der Waals surface area contributed by atoms with E-state index in [4.69, 9.17) is 0 Å². The lowest BCUT2D eigenvalue weighted by molar-refractivity contribution is 0.0915.